The highest BCUT2D eigenvalue weighted by Crippen LogP contribution is 2.23. The number of alkyl halides is 3. The predicted molar refractivity (Wildman–Crippen MR) is 89.9 cm³/mol. The summed E-state index contributed by atoms with van der Waals surface area (Å²) in [5, 5.41) is 2.93. The summed E-state index contributed by atoms with van der Waals surface area (Å²) in [7, 11) is 1.55. The van der Waals surface area contributed by atoms with Gasteiger partial charge in [-0.3, -0.25) is 0 Å². The Kier molecular flexibility index (Phi) is 6.10. The van der Waals surface area contributed by atoms with Crippen molar-refractivity contribution in [2.45, 2.75) is 12.7 Å². The number of para-hydroxylation sites is 2. The van der Waals surface area contributed by atoms with Crippen molar-refractivity contribution in [1.29, 1.82) is 0 Å². The van der Waals surface area contributed by atoms with E-state index in [4.69, 9.17) is 10.5 Å². The average Bonchev–Trinajstić information content (AvgIpc) is 2.59. The highest BCUT2D eigenvalue weighted by atomic mass is 19.4. The first kappa shape index (κ1) is 18.4. The van der Waals surface area contributed by atoms with E-state index in [1.54, 1.807) is 31.4 Å². The zero-order valence-corrected chi connectivity index (χ0v) is 13.5. The van der Waals surface area contributed by atoms with E-state index in [-0.39, 0.29) is 18.3 Å². The van der Waals surface area contributed by atoms with Crippen molar-refractivity contribution in [3.8, 4) is 11.5 Å². The molecule has 5 nitrogen and oxygen atoms in total. The Morgan fingerprint density at radius 1 is 1.12 bits per heavy atom. The van der Waals surface area contributed by atoms with Gasteiger partial charge in [-0.25, -0.2) is 4.99 Å². The maximum atomic E-state index is 12.1. The Morgan fingerprint density at radius 3 is 2.44 bits per heavy atom. The van der Waals surface area contributed by atoms with E-state index in [0.717, 1.165) is 5.56 Å². The van der Waals surface area contributed by atoms with E-state index in [0.29, 0.717) is 11.4 Å². The molecule has 0 heterocycles. The number of rotatable bonds is 6. The van der Waals surface area contributed by atoms with E-state index in [1.807, 2.05) is 12.1 Å². The molecule has 3 N–H and O–H groups in total. The molecule has 0 aliphatic rings. The minimum Gasteiger partial charge on any atom is -0.495 e. The van der Waals surface area contributed by atoms with Crippen molar-refractivity contribution in [2.75, 3.05) is 19.0 Å². The van der Waals surface area contributed by atoms with Gasteiger partial charge in [-0.05, 0) is 29.8 Å². The number of nitrogens with one attached hydrogen (secondary N) is 1. The number of benzene rings is 2. The van der Waals surface area contributed by atoms with Gasteiger partial charge in [-0.2, -0.15) is 13.2 Å². The number of hydrogen-bond acceptors (Lipinski definition) is 3. The van der Waals surface area contributed by atoms with E-state index >= 15 is 0 Å². The van der Waals surface area contributed by atoms with E-state index < -0.39 is 12.8 Å². The summed E-state index contributed by atoms with van der Waals surface area (Å²) in [6.07, 6.45) is -4.36. The van der Waals surface area contributed by atoms with Gasteiger partial charge in [-0.15, -0.1) is 0 Å². The molecule has 25 heavy (non-hydrogen) atoms. The molecule has 0 spiro atoms. The van der Waals surface area contributed by atoms with Crippen LogP contribution in [-0.4, -0.2) is 25.9 Å². The lowest BCUT2D eigenvalue weighted by atomic mass is 10.2. The number of ether oxygens (including phenoxy) is 2. The molecule has 0 atom stereocenters. The second-order valence-corrected chi connectivity index (χ2v) is 5.07. The number of anilines is 1. The Morgan fingerprint density at radius 2 is 1.80 bits per heavy atom. The van der Waals surface area contributed by atoms with Crippen LogP contribution in [0.1, 0.15) is 5.56 Å². The fraction of sp³-hybridized carbons (Fsp3) is 0.235. The van der Waals surface area contributed by atoms with Crippen molar-refractivity contribution in [3.05, 3.63) is 54.1 Å². The SMILES string of the molecule is COc1ccccc1NC(N)=NCc1ccc(OCC(F)(F)F)cc1. The number of nitrogens with zero attached hydrogens (tertiary/aromatic N) is 1. The van der Waals surface area contributed by atoms with Gasteiger partial charge in [0.05, 0.1) is 19.3 Å². The molecule has 2 rings (SSSR count). The van der Waals surface area contributed by atoms with Crippen LogP contribution in [0.3, 0.4) is 0 Å². The van der Waals surface area contributed by atoms with Crippen molar-refractivity contribution >= 4 is 11.6 Å². The van der Waals surface area contributed by atoms with Crippen LogP contribution in [-0.2, 0) is 6.54 Å². The average molecular weight is 353 g/mol. The maximum absolute atomic E-state index is 12.1. The number of aliphatic imine (C=N–C) groups is 1. The lowest BCUT2D eigenvalue weighted by Gasteiger charge is -2.10. The lowest BCUT2D eigenvalue weighted by Crippen LogP contribution is -2.22. The topological polar surface area (TPSA) is 68.9 Å². The van der Waals surface area contributed by atoms with E-state index in [2.05, 4.69) is 15.0 Å². The van der Waals surface area contributed by atoms with Crippen LogP contribution >= 0.6 is 0 Å². The monoisotopic (exact) mass is 353 g/mol. The van der Waals surface area contributed by atoms with E-state index in [1.165, 1.54) is 12.1 Å². The molecule has 0 aromatic heterocycles. The molecule has 2 aromatic carbocycles. The van der Waals surface area contributed by atoms with E-state index in [9.17, 15) is 13.2 Å². The van der Waals surface area contributed by atoms with Crippen molar-refractivity contribution in [2.24, 2.45) is 10.7 Å². The second-order valence-electron chi connectivity index (χ2n) is 5.07. The number of nitrogens with two attached hydrogens (primary N) is 1. The quantitative estimate of drug-likeness (QED) is 0.615. The third kappa shape index (κ3) is 6.25. The summed E-state index contributed by atoms with van der Waals surface area (Å²) in [6, 6.07) is 13.4. The van der Waals surface area contributed by atoms with Crippen LogP contribution in [0.25, 0.3) is 0 Å². The normalized spacial score (nSPS) is 11.9. The minimum atomic E-state index is -4.36. The Bertz CT molecular complexity index is 716. The standard InChI is InChI=1S/C17H18F3N3O2/c1-24-15-5-3-2-4-14(15)23-16(21)22-10-12-6-8-13(9-7-12)25-11-17(18,19)20/h2-9H,10-11H2,1H3,(H3,21,22,23). The molecule has 0 bridgehead atoms. The summed E-state index contributed by atoms with van der Waals surface area (Å²) in [4.78, 5) is 4.19. The molecule has 0 amide bonds. The van der Waals surface area contributed by atoms with Gasteiger partial charge in [0.2, 0.25) is 0 Å². The van der Waals surface area contributed by atoms with Crippen molar-refractivity contribution in [1.82, 2.24) is 0 Å². The van der Waals surface area contributed by atoms with Gasteiger partial charge in [0, 0.05) is 0 Å². The second kappa shape index (κ2) is 8.27. The zero-order valence-electron chi connectivity index (χ0n) is 13.5. The van der Waals surface area contributed by atoms with Crippen LogP contribution in [0.4, 0.5) is 18.9 Å². The fourth-order valence-electron chi connectivity index (χ4n) is 1.96. The molecule has 0 saturated carbocycles. The van der Waals surface area contributed by atoms with Crippen LogP contribution in [0, 0.1) is 0 Å². The summed E-state index contributed by atoms with van der Waals surface area (Å²) in [5.74, 6) is 0.971. The molecular formula is C17H18F3N3O2. The molecule has 0 saturated heterocycles. The van der Waals surface area contributed by atoms with Crippen molar-refractivity contribution < 1.29 is 22.6 Å². The van der Waals surface area contributed by atoms with Crippen LogP contribution in [0.15, 0.2) is 53.5 Å². The molecule has 0 aliphatic carbocycles. The third-order valence-electron chi connectivity index (χ3n) is 3.13. The summed E-state index contributed by atoms with van der Waals surface area (Å²) < 4.78 is 46.1. The number of halogens is 3. The molecule has 0 radical (unpaired) electrons. The zero-order chi connectivity index (χ0) is 18.3. The number of guanidine groups is 1. The van der Waals surface area contributed by atoms with Gasteiger partial charge in [0.25, 0.3) is 0 Å². The van der Waals surface area contributed by atoms with Gasteiger partial charge in [-0.1, -0.05) is 24.3 Å². The van der Waals surface area contributed by atoms with Gasteiger partial charge >= 0.3 is 6.18 Å². The largest absolute Gasteiger partial charge is 0.495 e. The number of hydrogen-bond donors (Lipinski definition) is 2. The first-order valence-electron chi connectivity index (χ1n) is 7.36. The van der Waals surface area contributed by atoms with Crippen molar-refractivity contribution in [3.63, 3.8) is 0 Å². The smallest absolute Gasteiger partial charge is 0.422 e. The summed E-state index contributed by atoms with van der Waals surface area (Å²) in [5.41, 5.74) is 7.30. The molecular weight excluding hydrogens is 335 g/mol. The molecule has 0 aliphatic heterocycles. The van der Waals surface area contributed by atoms with Crippen LogP contribution < -0.4 is 20.5 Å². The molecule has 0 fully saturated rings. The lowest BCUT2D eigenvalue weighted by molar-refractivity contribution is -0.153. The Labute approximate surface area is 143 Å². The summed E-state index contributed by atoms with van der Waals surface area (Å²) in [6.45, 7) is -1.05. The third-order valence-corrected chi connectivity index (χ3v) is 3.13. The van der Waals surface area contributed by atoms with Gasteiger partial charge in [0.15, 0.2) is 12.6 Å². The van der Waals surface area contributed by atoms with Gasteiger partial charge in [0.1, 0.15) is 11.5 Å². The van der Waals surface area contributed by atoms with Gasteiger partial charge < -0.3 is 20.5 Å². The van der Waals surface area contributed by atoms with Crippen LogP contribution in [0.2, 0.25) is 0 Å². The maximum Gasteiger partial charge on any atom is 0.422 e. The molecule has 2 aromatic rings. The predicted octanol–water partition coefficient (Wildman–Crippen LogP) is 3.56. The van der Waals surface area contributed by atoms with Crippen LogP contribution in [0.5, 0.6) is 11.5 Å². The molecule has 134 valence electrons. The minimum absolute atomic E-state index is 0.144. The number of methoxy groups -OCH3 is 1. The Hall–Kier alpha value is -2.90. The molecule has 8 heteroatoms. The highest BCUT2D eigenvalue weighted by molar-refractivity contribution is 5.93. The first-order chi connectivity index (χ1) is 11.9. The summed E-state index contributed by atoms with van der Waals surface area (Å²) >= 11 is 0. The Balaban J connectivity index is 1.92. The highest BCUT2D eigenvalue weighted by Gasteiger charge is 2.28. The molecule has 0 unspecified atom stereocenters. The first-order valence-corrected chi connectivity index (χ1v) is 7.36. The fourth-order valence-corrected chi connectivity index (χ4v) is 1.96.